The summed E-state index contributed by atoms with van der Waals surface area (Å²) in [5, 5.41) is 3.61. The predicted octanol–water partition coefficient (Wildman–Crippen LogP) is 3.05. The highest BCUT2D eigenvalue weighted by Gasteiger charge is 2.32. The van der Waals surface area contributed by atoms with Crippen LogP contribution in [0, 0.1) is 11.8 Å². The summed E-state index contributed by atoms with van der Waals surface area (Å²) in [6.07, 6.45) is -1.39. The number of nitrogens with zero attached hydrogens (tertiary/aromatic N) is 1. The highest BCUT2D eigenvalue weighted by atomic mass is 19.4. The van der Waals surface area contributed by atoms with Gasteiger partial charge in [0.25, 0.3) is 0 Å². The molecule has 0 radical (unpaired) electrons. The van der Waals surface area contributed by atoms with Crippen molar-refractivity contribution in [2.45, 2.75) is 57.9 Å². The maximum Gasteiger partial charge on any atom is 0.390 e. The molecule has 0 aromatic carbocycles. The molecule has 1 N–H and O–H groups in total. The molecule has 0 aliphatic carbocycles. The Morgan fingerprint density at radius 1 is 1.18 bits per heavy atom. The largest absolute Gasteiger partial charge is 0.390 e. The van der Waals surface area contributed by atoms with Crippen LogP contribution >= 0.6 is 0 Å². The molecule has 6 heteroatoms. The number of ether oxygens (including phenoxy) is 1. The molecule has 2 aliphatic rings. The van der Waals surface area contributed by atoms with Crippen molar-refractivity contribution in [2.24, 2.45) is 11.8 Å². The topological polar surface area (TPSA) is 24.5 Å². The summed E-state index contributed by atoms with van der Waals surface area (Å²) < 4.78 is 42.5. The molecular weight excluding hydrogens is 293 g/mol. The Morgan fingerprint density at radius 3 is 2.45 bits per heavy atom. The SMILES string of the molecule is CC(C)[C@H]1OCC[C@@H]1CNC1CCN(CCC(F)(F)F)CC1. The van der Waals surface area contributed by atoms with Crippen LogP contribution in [0.5, 0.6) is 0 Å². The van der Waals surface area contributed by atoms with Gasteiger partial charge in [0.2, 0.25) is 0 Å². The molecule has 0 aromatic rings. The van der Waals surface area contributed by atoms with E-state index in [4.69, 9.17) is 4.74 Å². The van der Waals surface area contributed by atoms with Gasteiger partial charge in [-0.1, -0.05) is 13.8 Å². The molecule has 0 spiro atoms. The second-order valence-electron chi connectivity index (χ2n) is 7.02. The molecule has 0 saturated carbocycles. The van der Waals surface area contributed by atoms with Gasteiger partial charge in [0.15, 0.2) is 0 Å². The van der Waals surface area contributed by atoms with Crippen molar-refractivity contribution in [3.05, 3.63) is 0 Å². The summed E-state index contributed by atoms with van der Waals surface area (Å²) in [5.74, 6) is 1.11. The maximum absolute atomic E-state index is 12.2. The van der Waals surface area contributed by atoms with Gasteiger partial charge in [-0.2, -0.15) is 13.2 Å². The molecule has 0 unspecified atom stereocenters. The second-order valence-corrected chi connectivity index (χ2v) is 7.02. The lowest BCUT2D eigenvalue weighted by Gasteiger charge is -2.33. The summed E-state index contributed by atoms with van der Waals surface area (Å²) in [4.78, 5) is 1.93. The summed E-state index contributed by atoms with van der Waals surface area (Å²) in [5.41, 5.74) is 0. The fourth-order valence-electron chi connectivity index (χ4n) is 3.57. The van der Waals surface area contributed by atoms with Crippen LogP contribution in [0.3, 0.4) is 0 Å². The van der Waals surface area contributed by atoms with Crippen molar-refractivity contribution in [1.82, 2.24) is 10.2 Å². The van der Waals surface area contributed by atoms with Crippen LogP contribution in [0.15, 0.2) is 0 Å². The average Bonchev–Trinajstić information content (AvgIpc) is 2.92. The normalized spacial score (nSPS) is 28.6. The molecule has 0 amide bonds. The molecule has 2 saturated heterocycles. The van der Waals surface area contributed by atoms with Crippen molar-refractivity contribution in [1.29, 1.82) is 0 Å². The minimum Gasteiger partial charge on any atom is -0.378 e. The van der Waals surface area contributed by atoms with Crippen molar-refractivity contribution in [2.75, 3.05) is 32.8 Å². The molecule has 0 bridgehead atoms. The molecule has 22 heavy (non-hydrogen) atoms. The van der Waals surface area contributed by atoms with Crippen molar-refractivity contribution in [3.63, 3.8) is 0 Å². The third-order valence-electron chi connectivity index (χ3n) is 4.89. The molecule has 2 atom stereocenters. The predicted molar refractivity (Wildman–Crippen MR) is 80.8 cm³/mol. The number of likely N-dealkylation sites (tertiary alicyclic amines) is 1. The third-order valence-corrected chi connectivity index (χ3v) is 4.89. The van der Waals surface area contributed by atoms with Crippen molar-refractivity contribution < 1.29 is 17.9 Å². The van der Waals surface area contributed by atoms with Crippen LogP contribution in [0.25, 0.3) is 0 Å². The zero-order chi connectivity index (χ0) is 16.2. The average molecular weight is 322 g/mol. The Hall–Kier alpha value is -0.330. The number of piperidine rings is 1. The Balaban J connectivity index is 1.63. The Morgan fingerprint density at radius 2 is 1.86 bits per heavy atom. The first kappa shape index (κ1) is 18.0. The molecule has 2 fully saturated rings. The highest BCUT2D eigenvalue weighted by Crippen LogP contribution is 2.26. The van der Waals surface area contributed by atoms with E-state index in [0.29, 0.717) is 24.0 Å². The smallest absolute Gasteiger partial charge is 0.378 e. The first-order valence-corrected chi connectivity index (χ1v) is 8.49. The van der Waals surface area contributed by atoms with Gasteiger partial charge >= 0.3 is 6.18 Å². The van der Waals surface area contributed by atoms with Crippen LogP contribution in [-0.4, -0.2) is 56.0 Å². The van der Waals surface area contributed by atoms with Crippen LogP contribution in [-0.2, 0) is 4.74 Å². The number of hydrogen-bond donors (Lipinski definition) is 1. The Kier molecular flexibility index (Phi) is 6.53. The number of halogens is 3. The zero-order valence-electron chi connectivity index (χ0n) is 13.7. The van der Waals surface area contributed by atoms with E-state index < -0.39 is 12.6 Å². The first-order valence-electron chi connectivity index (χ1n) is 8.49. The summed E-state index contributed by atoms with van der Waals surface area (Å²) >= 11 is 0. The van der Waals surface area contributed by atoms with Gasteiger partial charge in [0.1, 0.15) is 0 Å². The van der Waals surface area contributed by atoms with Gasteiger partial charge in [0.05, 0.1) is 12.5 Å². The highest BCUT2D eigenvalue weighted by molar-refractivity contribution is 4.84. The number of nitrogens with one attached hydrogen (secondary N) is 1. The minimum atomic E-state index is -4.04. The van der Waals surface area contributed by atoms with E-state index in [1.807, 2.05) is 4.90 Å². The van der Waals surface area contributed by atoms with Crippen LogP contribution in [0.4, 0.5) is 13.2 Å². The lowest BCUT2D eigenvalue weighted by Crippen LogP contribution is -2.45. The van der Waals surface area contributed by atoms with E-state index in [-0.39, 0.29) is 6.54 Å². The molecule has 2 aliphatic heterocycles. The lowest BCUT2D eigenvalue weighted by molar-refractivity contribution is -0.138. The summed E-state index contributed by atoms with van der Waals surface area (Å²) in [6.45, 7) is 7.89. The van der Waals surface area contributed by atoms with Gasteiger partial charge in [-0.05, 0) is 44.2 Å². The van der Waals surface area contributed by atoms with E-state index >= 15 is 0 Å². The first-order chi connectivity index (χ1) is 10.3. The van der Waals surface area contributed by atoms with Crippen LogP contribution in [0.2, 0.25) is 0 Å². The van der Waals surface area contributed by atoms with Gasteiger partial charge in [-0.25, -0.2) is 0 Å². The molecule has 2 rings (SSSR count). The lowest BCUT2D eigenvalue weighted by atomic mass is 9.92. The number of hydrogen-bond acceptors (Lipinski definition) is 3. The number of alkyl halides is 3. The quantitative estimate of drug-likeness (QED) is 0.813. The van der Waals surface area contributed by atoms with Gasteiger partial charge in [0, 0.05) is 25.7 Å². The van der Waals surface area contributed by atoms with Gasteiger partial charge in [-0.3, -0.25) is 0 Å². The molecule has 0 aromatic heterocycles. The van der Waals surface area contributed by atoms with Gasteiger partial charge in [-0.15, -0.1) is 0 Å². The molecular formula is C16H29F3N2O. The van der Waals surface area contributed by atoms with Crippen molar-refractivity contribution >= 4 is 0 Å². The van der Waals surface area contributed by atoms with Gasteiger partial charge < -0.3 is 15.0 Å². The summed E-state index contributed by atoms with van der Waals surface area (Å²) in [6, 6.07) is 0.440. The number of rotatable bonds is 6. The molecule has 2 heterocycles. The second kappa shape index (κ2) is 7.97. The Labute approximate surface area is 131 Å². The zero-order valence-corrected chi connectivity index (χ0v) is 13.7. The van der Waals surface area contributed by atoms with E-state index in [0.717, 1.165) is 45.5 Å². The fourth-order valence-corrected chi connectivity index (χ4v) is 3.57. The van der Waals surface area contributed by atoms with E-state index in [9.17, 15) is 13.2 Å². The standard InChI is InChI=1S/C16H29F3N2O/c1-12(2)15-13(5-10-22-15)11-20-14-3-7-21(8-4-14)9-6-16(17,18)19/h12-15,20H,3-11H2,1-2H3/t13-,15-/m1/s1. The summed E-state index contributed by atoms with van der Waals surface area (Å²) in [7, 11) is 0. The molecule has 130 valence electrons. The monoisotopic (exact) mass is 322 g/mol. The Bertz CT molecular complexity index is 328. The van der Waals surface area contributed by atoms with E-state index in [1.165, 1.54) is 0 Å². The third kappa shape index (κ3) is 5.70. The minimum absolute atomic E-state index is 0.141. The van der Waals surface area contributed by atoms with E-state index in [1.54, 1.807) is 0 Å². The van der Waals surface area contributed by atoms with Crippen LogP contribution < -0.4 is 5.32 Å². The van der Waals surface area contributed by atoms with Crippen molar-refractivity contribution in [3.8, 4) is 0 Å². The van der Waals surface area contributed by atoms with E-state index in [2.05, 4.69) is 19.2 Å². The molecule has 3 nitrogen and oxygen atoms in total. The fraction of sp³-hybridized carbons (Fsp3) is 1.00. The van der Waals surface area contributed by atoms with Crippen LogP contribution in [0.1, 0.15) is 39.5 Å². The maximum atomic E-state index is 12.2.